The molecule has 1 rings (SSSR count). The summed E-state index contributed by atoms with van der Waals surface area (Å²) in [5.41, 5.74) is 0. The van der Waals surface area contributed by atoms with Gasteiger partial charge >= 0.3 is 5.97 Å². The van der Waals surface area contributed by atoms with E-state index in [1.807, 2.05) is 6.92 Å². The van der Waals surface area contributed by atoms with Crippen LogP contribution in [0.15, 0.2) is 14.1 Å². The summed E-state index contributed by atoms with van der Waals surface area (Å²) in [5.74, 6) is -0.791. The molecule has 0 amide bonds. The van der Waals surface area contributed by atoms with E-state index in [0.29, 0.717) is 15.2 Å². The minimum atomic E-state index is -3.82. The third-order valence-electron chi connectivity index (χ3n) is 2.84. The van der Waals surface area contributed by atoms with Gasteiger partial charge in [0.1, 0.15) is 10.3 Å². The normalized spacial score (nSPS) is 14.8. The summed E-state index contributed by atoms with van der Waals surface area (Å²) in [5, 5.41) is 0.313. The van der Waals surface area contributed by atoms with Crippen LogP contribution in [0.25, 0.3) is 0 Å². The Bertz CT molecular complexity index is 568. The van der Waals surface area contributed by atoms with Crippen LogP contribution in [-0.4, -0.2) is 27.5 Å². The first-order valence-corrected chi connectivity index (χ1v) is 9.25. The molecule has 0 radical (unpaired) electrons. The molecule has 114 valence electrons. The topological polar surface area (TPSA) is 72.5 Å². The van der Waals surface area contributed by atoms with Crippen LogP contribution in [0, 0.1) is 5.92 Å². The van der Waals surface area contributed by atoms with E-state index in [1.165, 1.54) is 13.2 Å². The van der Waals surface area contributed by atoms with E-state index < -0.39 is 22.0 Å². The Hall–Kier alpha value is -0.150. The molecule has 0 saturated carbocycles. The summed E-state index contributed by atoms with van der Waals surface area (Å²) in [6.45, 7) is 3.65. The molecular formula is C11H15BrClNO4S2. The van der Waals surface area contributed by atoms with Gasteiger partial charge in [0.05, 0.1) is 15.9 Å². The zero-order valence-electron chi connectivity index (χ0n) is 11.1. The monoisotopic (exact) mass is 403 g/mol. The Balaban J connectivity index is 3.05. The molecule has 0 aliphatic carbocycles. The van der Waals surface area contributed by atoms with Crippen molar-refractivity contribution in [2.45, 2.75) is 30.5 Å². The van der Waals surface area contributed by atoms with Crippen LogP contribution in [0.4, 0.5) is 0 Å². The molecule has 0 aromatic carbocycles. The number of thiophene rings is 1. The lowest BCUT2D eigenvalue weighted by Gasteiger charge is -2.21. The first kappa shape index (κ1) is 17.9. The highest BCUT2D eigenvalue weighted by Gasteiger charge is 2.31. The van der Waals surface area contributed by atoms with Crippen LogP contribution in [0.2, 0.25) is 5.02 Å². The smallest absolute Gasteiger partial charge is 0.324 e. The standard InChI is InChI=1S/C11H15BrClNO4S2/c1-4-6(2)9(11(15)18-3)14-20(16,17)8-5-7(13)10(12)19-8/h5-6,9,14H,4H2,1-3H3. The number of halogens is 2. The minimum absolute atomic E-state index is 0.0478. The molecule has 0 saturated heterocycles. The van der Waals surface area contributed by atoms with Gasteiger partial charge in [-0.3, -0.25) is 4.79 Å². The van der Waals surface area contributed by atoms with E-state index in [-0.39, 0.29) is 10.1 Å². The molecule has 5 nitrogen and oxygen atoms in total. The number of rotatable bonds is 6. The molecule has 0 bridgehead atoms. The highest BCUT2D eigenvalue weighted by atomic mass is 79.9. The van der Waals surface area contributed by atoms with Gasteiger partial charge in [-0.15, -0.1) is 11.3 Å². The second-order valence-corrected chi connectivity index (χ2v) is 8.91. The Labute approximate surface area is 135 Å². The molecular weight excluding hydrogens is 390 g/mol. The summed E-state index contributed by atoms with van der Waals surface area (Å²) in [6.07, 6.45) is 0.636. The summed E-state index contributed by atoms with van der Waals surface area (Å²) in [4.78, 5) is 11.7. The number of sulfonamides is 1. The van der Waals surface area contributed by atoms with Crippen LogP contribution in [-0.2, 0) is 19.6 Å². The SMILES string of the molecule is CCC(C)C(NS(=O)(=O)c1cc(Cl)c(Br)s1)C(=O)OC. The van der Waals surface area contributed by atoms with Crippen LogP contribution in [0.5, 0.6) is 0 Å². The minimum Gasteiger partial charge on any atom is -0.468 e. The van der Waals surface area contributed by atoms with Crippen molar-refractivity contribution in [1.29, 1.82) is 0 Å². The number of carbonyl (C=O) groups excluding carboxylic acids is 1. The van der Waals surface area contributed by atoms with E-state index in [1.54, 1.807) is 6.92 Å². The van der Waals surface area contributed by atoms with Gasteiger partial charge < -0.3 is 4.74 Å². The highest BCUT2D eigenvalue weighted by Crippen LogP contribution is 2.34. The number of nitrogens with one attached hydrogen (secondary N) is 1. The first-order valence-electron chi connectivity index (χ1n) is 5.78. The van der Waals surface area contributed by atoms with Gasteiger partial charge in [-0.25, -0.2) is 8.42 Å². The van der Waals surface area contributed by atoms with Gasteiger partial charge in [0, 0.05) is 0 Å². The predicted octanol–water partition coefficient (Wildman–Crippen LogP) is 3.03. The van der Waals surface area contributed by atoms with Crippen LogP contribution in [0.3, 0.4) is 0 Å². The highest BCUT2D eigenvalue weighted by molar-refractivity contribution is 9.11. The van der Waals surface area contributed by atoms with Crippen molar-refractivity contribution >= 4 is 54.9 Å². The number of hydrogen-bond acceptors (Lipinski definition) is 5. The quantitative estimate of drug-likeness (QED) is 0.740. The maximum atomic E-state index is 12.3. The van der Waals surface area contributed by atoms with E-state index in [9.17, 15) is 13.2 Å². The third-order valence-corrected chi connectivity index (χ3v) is 7.23. The molecule has 1 aromatic rings. The number of ether oxygens (including phenoxy) is 1. The molecule has 1 heterocycles. The first-order chi connectivity index (χ1) is 9.22. The molecule has 0 aliphatic rings. The zero-order chi connectivity index (χ0) is 15.5. The fourth-order valence-electron chi connectivity index (χ4n) is 1.44. The maximum absolute atomic E-state index is 12.3. The average molecular weight is 405 g/mol. The lowest BCUT2D eigenvalue weighted by atomic mass is 10.0. The van der Waals surface area contributed by atoms with Gasteiger partial charge in [-0.2, -0.15) is 4.72 Å². The molecule has 0 fully saturated rings. The number of carbonyl (C=O) groups is 1. The molecule has 9 heteroatoms. The van der Waals surface area contributed by atoms with E-state index in [0.717, 1.165) is 11.3 Å². The Morgan fingerprint density at radius 2 is 2.20 bits per heavy atom. The van der Waals surface area contributed by atoms with Crippen molar-refractivity contribution in [2.75, 3.05) is 7.11 Å². The average Bonchev–Trinajstić information content (AvgIpc) is 2.75. The molecule has 0 spiro atoms. The van der Waals surface area contributed by atoms with E-state index in [2.05, 4.69) is 25.4 Å². The second kappa shape index (κ2) is 7.22. The summed E-state index contributed by atoms with van der Waals surface area (Å²) >= 11 is 9.98. The zero-order valence-corrected chi connectivity index (χ0v) is 15.1. The van der Waals surface area contributed by atoms with Gasteiger partial charge in [0.2, 0.25) is 0 Å². The molecule has 20 heavy (non-hydrogen) atoms. The molecule has 2 atom stereocenters. The summed E-state index contributed by atoms with van der Waals surface area (Å²) in [6, 6.07) is 0.415. The van der Waals surface area contributed by atoms with Crippen molar-refractivity contribution in [3.63, 3.8) is 0 Å². The second-order valence-electron chi connectivity index (χ2n) is 4.19. The predicted molar refractivity (Wildman–Crippen MR) is 82.6 cm³/mol. The number of esters is 1. The van der Waals surface area contributed by atoms with Crippen LogP contribution in [0.1, 0.15) is 20.3 Å². The van der Waals surface area contributed by atoms with Crippen molar-refractivity contribution in [3.8, 4) is 0 Å². The van der Waals surface area contributed by atoms with Crippen LogP contribution < -0.4 is 4.72 Å². The largest absolute Gasteiger partial charge is 0.468 e. The van der Waals surface area contributed by atoms with Gasteiger partial charge in [0.25, 0.3) is 10.0 Å². The van der Waals surface area contributed by atoms with E-state index in [4.69, 9.17) is 11.6 Å². The lowest BCUT2D eigenvalue weighted by Crippen LogP contribution is -2.45. The summed E-state index contributed by atoms with van der Waals surface area (Å²) < 4.78 is 32.1. The fourth-order valence-corrected chi connectivity index (χ4v) is 5.15. The molecule has 1 N–H and O–H groups in total. The third kappa shape index (κ3) is 4.17. The van der Waals surface area contributed by atoms with Gasteiger partial charge in [0.15, 0.2) is 0 Å². The van der Waals surface area contributed by atoms with Crippen molar-refractivity contribution < 1.29 is 17.9 Å². The fraction of sp³-hybridized carbons (Fsp3) is 0.545. The molecule has 1 aromatic heterocycles. The van der Waals surface area contributed by atoms with Crippen molar-refractivity contribution in [3.05, 3.63) is 14.9 Å². The van der Waals surface area contributed by atoms with Gasteiger partial charge in [-0.1, -0.05) is 31.9 Å². The molecule has 2 unspecified atom stereocenters. The Morgan fingerprint density at radius 3 is 2.60 bits per heavy atom. The number of methoxy groups -OCH3 is 1. The Kier molecular flexibility index (Phi) is 6.46. The van der Waals surface area contributed by atoms with Crippen LogP contribution >= 0.6 is 38.9 Å². The van der Waals surface area contributed by atoms with Gasteiger partial charge in [-0.05, 0) is 27.9 Å². The molecule has 0 aliphatic heterocycles. The lowest BCUT2D eigenvalue weighted by molar-refractivity contribution is -0.143. The summed E-state index contributed by atoms with van der Waals surface area (Å²) in [7, 11) is -2.59. The van der Waals surface area contributed by atoms with E-state index >= 15 is 0 Å². The van der Waals surface area contributed by atoms with Crippen molar-refractivity contribution in [1.82, 2.24) is 4.72 Å². The van der Waals surface area contributed by atoms with Crippen molar-refractivity contribution in [2.24, 2.45) is 5.92 Å². The maximum Gasteiger partial charge on any atom is 0.324 e. The Morgan fingerprint density at radius 1 is 1.60 bits per heavy atom. The number of hydrogen-bond donors (Lipinski definition) is 1.